The van der Waals surface area contributed by atoms with Gasteiger partial charge in [0.25, 0.3) is 0 Å². The summed E-state index contributed by atoms with van der Waals surface area (Å²) in [5.74, 6) is -0.899. The number of rotatable bonds is 6. The molecule has 0 aliphatic rings. The van der Waals surface area contributed by atoms with Crippen LogP contribution in [-0.2, 0) is 11.3 Å². The van der Waals surface area contributed by atoms with Gasteiger partial charge >= 0.3 is 6.09 Å². The molecule has 0 spiro atoms. The van der Waals surface area contributed by atoms with Crippen LogP contribution in [0.5, 0.6) is 11.5 Å². The Hall–Kier alpha value is -4.14. The van der Waals surface area contributed by atoms with E-state index in [1.807, 2.05) is 6.07 Å². The molecule has 0 aliphatic carbocycles. The number of carbonyl (C=O) groups excluding carboxylic acids is 1. The van der Waals surface area contributed by atoms with Crippen LogP contribution in [0.3, 0.4) is 0 Å². The Morgan fingerprint density at radius 2 is 1.77 bits per heavy atom. The molecule has 1 amide bonds. The van der Waals surface area contributed by atoms with Crippen LogP contribution < -0.4 is 14.8 Å². The van der Waals surface area contributed by atoms with Gasteiger partial charge in [-0.1, -0.05) is 29.4 Å². The third-order valence-electron chi connectivity index (χ3n) is 5.00. The lowest BCUT2D eigenvalue weighted by atomic mass is 10.0. The van der Waals surface area contributed by atoms with Crippen molar-refractivity contribution >= 4 is 22.9 Å². The Morgan fingerprint density at radius 3 is 2.46 bits per heavy atom. The second-order valence-electron chi connectivity index (χ2n) is 8.73. The number of anilines is 1. The minimum atomic E-state index is -0.975. The molecule has 4 aromatic rings. The molecular weight excluding hydrogens is 458 g/mol. The van der Waals surface area contributed by atoms with Gasteiger partial charge in [0.2, 0.25) is 0 Å². The van der Waals surface area contributed by atoms with Crippen molar-refractivity contribution in [2.75, 3.05) is 12.4 Å². The number of halogens is 2. The van der Waals surface area contributed by atoms with E-state index in [-0.39, 0.29) is 18.2 Å². The molecule has 9 heteroatoms. The summed E-state index contributed by atoms with van der Waals surface area (Å²) in [4.78, 5) is 12.1. The van der Waals surface area contributed by atoms with E-state index in [0.717, 1.165) is 17.7 Å². The molecule has 0 bridgehead atoms. The van der Waals surface area contributed by atoms with E-state index in [0.29, 0.717) is 27.8 Å². The summed E-state index contributed by atoms with van der Waals surface area (Å²) < 4.78 is 49.0. The zero-order valence-electron chi connectivity index (χ0n) is 19.6. The van der Waals surface area contributed by atoms with Gasteiger partial charge in [-0.15, -0.1) is 0 Å². The molecule has 0 atom stereocenters. The highest BCUT2D eigenvalue weighted by Gasteiger charge is 2.20. The summed E-state index contributed by atoms with van der Waals surface area (Å²) in [6, 6.07) is 14.4. The predicted molar refractivity (Wildman–Crippen MR) is 127 cm³/mol. The maximum atomic E-state index is 13.7. The first-order valence-electron chi connectivity index (χ1n) is 10.8. The first-order valence-corrected chi connectivity index (χ1v) is 10.8. The maximum absolute atomic E-state index is 13.7. The topological polar surface area (TPSA) is 82.8 Å². The lowest BCUT2D eigenvalue weighted by Gasteiger charge is -2.19. The first-order chi connectivity index (χ1) is 16.6. The number of aromatic nitrogens is 1. The third-order valence-corrected chi connectivity index (χ3v) is 5.00. The maximum Gasteiger partial charge on any atom is 0.413 e. The highest BCUT2D eigenvalue weighted by molar-refractivity contribution is 5.97. The van der Waals surface area contributed by atoms with E-state index in [9.17, 15) is 13.6 Å². The number of hydrogen-bond acceptors (Lipinski definition) is 6. The predicted octanol–water partition coefficient (Wildman–Crippen LogP) is 6.71. The summed E-state index contributed by atoms with van der Waals surface area (Å²) in [6.45, 7) is 5.48. The van der Waals surface area contributed by atoms with Crippen molar-refractivity contribution in [3.05, 3.63) is 71.8 Å². The zero-order valence-corrected chi connectivity index (χ0v) is 19.6. The van der Waals surface area contributed by atoms with Gasteiger partial charge < -0.3 is 18.7 Å². The van der Waals surface area contributed by atoms with Gasteiger partial charge in [-0.25, -0.2) is 13.6 Å². The number of hydrogen-bond donors (Lipinski definition) is 1. The SMILES string of the molecule is COc1cc(F)c(F)cc1-c1ccc(OCc2cccc3c(NC(=O)OC(C)(C)C)noc23)cc1. The van der Waals surface area contributed by atoms with Gasteiger partial charge in [0, 0.05) is 17.2 Å². The third kappa shape index (κ3) is 5.51. The van der Waals surface area contributed by atoms with Gasteiger partial charge in [-0.2, -0.15) is 0 Å². The number of para-hydroxylation sites is 1. The van der Waals surface area contributed by atoms with Crippen LogP contribution >= 0.6 is 0 Å². The lowest BCUT2D eigenvalue weighted by molar-refractivity contribution is 0.0635. The fourth-order valence-electron chi connectivity index (χ4n) is 3.44. The van der Waals surface area contributed by atoms with Crippen LogP contribution in [0.15, 0.2) is 59.1 Å². The Bertz CT molecular complexity index is 1360. The first kappa shape index (κ1) is 24.0. The van der Waals surface area contributed by atoms with Crippen molar-refractivity contribution in [2.45, 2.75) is 33.0 Å². The molecule has 182 valence electrons. The molecule has 4 rings (SSSR count). The van der Waals surface area contributed by atoms with Gasteiger partial charge in [-0.05, 0) is 50.6 Å². The molecule has 0 saturated heterocycles. The summed E-state index contributed by atoms with van der Waals surface area (Å²) in [5, 5.41) is 7.15. The number of amides is 1. The molecule has 7 nitrogen and oxygen atoms in total. The number of nitrogens with zero attached hydrogens (tertiary/aromatic N) is 1. The molecule has 3 aromatic carbocycles. The van der Waals surface area contributed by atoms with Gasteiger partial charge in [0.1, 0.15) is 23.7 Å². The molecule has 0 radical (unpaired) electrons. The Labute approximate surface area is 200 Å². The molecule has 0 unspecified atom stereocenters. The van der Waals surface area contributed by atoms with Crippen LogP contribution in [0.25, 0.3) is 22.1 Å². The van der Waals surface area contributed by atoms with Crippen molar-refractivity contribution in [3.8, 4) is 22.6 Å². The molecule has 1 N–H and O–H groups in total. The Balaban J connectivity index is 1.48. The zero-order chi connectivity index (χ0) is 25.2. The van der Waals surface area contributed by atoms with Crippen LogP contribution in [0.2, 0.25) is 0 Å². The largest absolute Gasteiger partial charge is 0.496 e. The van der Waals surface area contributed by atoms with Crippen molar-refractivity contribution in [3.63, 3.8) is 0 Å². The van der Waals surface area contributed by atoms with Gasteiger partial charge in [0.15, 0.2) is 23.0 Å². The summed E-state index contributed by atoms with van der Waals surface area (Å²) in [7, 11) is 1.40. The van der Waals surface area contributed by atoms with E-state index in [2.05, 4.69) is 10.5 Å². The van der Waals surface area contributed by atoms with Crippen molar-refractivity contribution < 1.29 is 32.3 Å². The number of nitrogens with one attached hydrogen (secondary N) is 1. The van der Waals surface area contributed by atoms with Gasteiger partial charge in [0.05, 0.1) is 12.5 Å². The van der Waals surface area contributed by atoms with Crippen molar-refractivity contribution in [1.29, 1.82) is 0 Å². The van der Waals surface area contributed by atoms with Crippen molar-refractivity contribution in [2.24, 2.45) is 0 Å². The molecule has 0 aliphatic heterocycles. The highest BCUT2D eigenvalue weighted by atomic mass is 19.2. The van der Waals surface area contributed by atoms with Crippen LogP contribution in [0.4, 0.5) is 19.4 Å². The number of benzene rings is 3. The van der Waals surface area contributed by atoms with E-state index in [1.165, 1.54) is 7.11 Å². The fraction of sp³-hybridized carbons (Fsp3) is 0.231. The molecule has 0 saturated carbocycles. The van der Waals surface area contributed by atoms with Crippen molar-refractivity contribution in [1.82, 2.24) is 5.16 Å². The lowest BCUT2D eigenvalue weighted by Crippen LogP contribution is -2.27. The highest BCUT2D eigenvalue weighted by Crippen LogP contribution is 2.33. The Kier molecular flexibility index (Phi) is 6.59. The smallest absolute Gasteiger partial charge is 0.413 e. The molecule has 0 fully saturated rings. The van der Waals surface area contributed by atoms with E-state index in [1.54, 1.807) is 57.2 Å². The number of ether oxygens (including phenoxy) is 3. The minimum Gasteiger partial charge on any atom is -0.496 e. The van der Waals surface area contributed by atoms with Gasteiger partial charge in [-0.3, -0.25) is 5.32 Å². The number of carbonyl (C=O) groups is 1. The molecule has 1 heterocycles. The summed E-state index contributed by atoms with van der Waals surface area (Å²) >= 11 is 0. The average Bonchev–Trinajstić information content (AvgIpc) is 3.21. The quantitative estimate of drug-likeness (QED) is 0.329. The number of methoxy groups -OCH3 is 1. The van der Waals surface area contributed by atoms with Crippen LogP contribution in [-0.4, -0.2) is 24.0 Å². The van der Waals surface area contributed by atoms with E-state index in [4.69, 9.17) is 18.7 Å². The summed E-state index contributed by atoms with van der Waals surface area (Å²) in [6.07, 6.45) is -0.632. The second-order valence-corrected chi connectivity index (χ2v) is 8.73. The average molecular weight is 482 g/mol. The number of fused-ring (bicyclic) bond motifs is 1. The Morgan fingerprint density at radius 1 is 1.06 bits per heavy atom. The molecular formula is C26H24F2N2O5. The molecule has 1 aromatic heterocycles. The van der Waals surface area contributed by atoms with E-state index < -0.39 is 23.3 Å². The normalized spacial score (nSPS) is 11.4. The fourth-order valence-corrected chi connectivity index (χ4v) is 3.44. The van der Waals surface area contributed by atoms with Crippen LogP contribution in [0, 0.1) is 11.6 Å². The summed E-state index contributed by atoms with van der Waals surface area (Å²) in [5.41, 5.74) is 1.62. The minimum absolute atomic E-state index is 0.173. The standard InChI is InChI=1S/C26H24F2N2O5/c1-26(2,3)34-25(31)29-24-18-7-5-6-16(23(18)35-30-24)14-33-17-10-8-15(9-11-17)19-12-20(27)21(28)13-22(19)32-4/h5-13H,14H2,1-4H3,(H,29,30,31). The monoisotopic (exact) mass is 482 g/mol. The van der Waals surface area contributed by atoms with Crippen LogP contribution in [0.1, 0.15) is 26.3 Å². The van der Waals surface area contributed by atoms with E-state index >= 15 is 0 Å². The second kappa shape index (κ2) is 9.61. The molecule has 35 heavy (non-hydrogen) atoms.